The van der Waals surface area contributed by atoms with Gasteiger partial charge >= 0.3 is 0 Å². The van der Waals surface area contributed by atoms with Gasteiger partial charge in [0.05, 0.1) is 11.1 Å². The number of Topliss-reactive ketones (excluding diaryl/α,β-unsaturated/α-hetero) is 1. The first-order valence-electron chi connectivity index (χ1n) is 10.2. The molecule has 0 radical (unpaired) electrons. The summed E-state index contributed by atoms with van der Waals surface area (Å²) in [5, 5.41) is 0.736. The Bertz CT molecular complexity index is 1190. The highest BCUT2D eigenvalue weighted by molar-refractivity contribution is 6.30. The van der Waals surface area contributed by atoms with Gasteiger partial charge in [-0.2, -0.15) is 0 Å². The van der Waals surface area contributed by atoms with Crippen LogP contribution in [0.15, 0.2) is 52.6 Å². The van der Waals surface area contributed by atoms with Crippen molar-refractivity contribution in [3.05, 3.63) is 87.0 Å². The van der Waals surface area contributed by atoms with Gasteiger partial charge in [-0.25, -0.2) is 0 Å². The Morgan fingerprint density at radius 3 is 2.68 bits per heavy atom. The lowest BCUT2D eigenvalue weighted by atomic mass is 9.98. The number of allylic oxidation sites excluding steroid dienone is 1. The van der Waals surface area contributed by atoms with Gasteiger partial charge in [-0.3, -0.25) is 9.69 Å². The monoisotopic (exact) mass is 435 g/mol. The number of carbonyl (C=O) groups excluding carboxylic acids is 1. The van der Waals surface area contributed by atoms with Crippen LogP contribution in [0.4, 0.5) is 0 Å². The van der Waals surface area contributed by atoms with Crippen molar-refractivity contribution < 1.29 is 18.7 Å². The van der Waals surface area contributed by atoms with Crippen LogP contribution in [0.2, 0.25) is 5.02 Å². The van der Waals surface area contributed by atoms with Gasteiger partial charge in [-0.05, 0) is 61.7 Å². The average molecular weight is 436 g/mol. The number of ketones is 1. The molecule has 5 nitrogen and oxygen atoms in total. The first-order chi connectivity index (χ1) is 15.0. The summed E-state index contributed by atoms with van der Waals surface area (Å²) in [5.41, 5.74) is 3.59. The first-order valence-corrected chi connectivity index (χ1v) is 10.6. The molecule has 0 saturated carbocycles. The second-order valence-corrected chi connectivity index (χ2v) is 8.40. The van der Waals surface area contributed by atoms with E-state index in [4.69, 9.17) is 25.5 Å². The molecule has 0 bridgehead atoms. The zero-order chi connectivity index (χ0) is 21.5. The van der Waals surface area contributed by atoms with Gasteiger partial charge in [-0.1, -0.05) is 23.7 Å². The quantitative estimate of drug-likeness (QED) is 0.502. The predicted molar refractivity (Wildman–Crippen MR) is 119 cm³/mol. The van der Waals surface area contributed by atoms with Crippen LogP contribution in [-0.4, -0.2) is 24.0 Å². The van der Waals surface area contributed by atoms with Gasteiger partial charge in [0.1, 0.15) is 29.8 Å². The van der Waals surface area contributed by atoms with Crippen molar-refractivity contribution in [2.75, 3.05) is 13.3 Å². The molecule has 0 amide bonds. The van der Waals surface area contributed by atoms with Crippen molar-refractivity contribution in [2.45, 2.75) is 26.8 Å². The maximum Gasteiger partial charge on any atom is 0.232 e. The van der Waals surface area contributed by atoms with Crippen molar-refractivity contribution in [3.63, 3.8) is 0 Å². The summed E-state index contributed by atoms with van der Waals surface area (Å²) in [6.07, 6.45) is 2.54. The number of hydrogen-bond acceptors (Lipinski definition) is 5. The molecule has 0 atom stereocenters. The van der Waals surface area contributed by atoms with Crippen LogP contribution < -0.4 is 9.47 Å². The fraction of sp³-hybridized carbons (Fsp3) is 0.240. The van der Waals surface area contributed by atoms with E-state index in [9.17, 15) is 4.79 Å². The molecule has 0 saturated heterocycles. The van der Waals surface area contributed by atoms with E-state index in [1.807, 2.05) is 56.3 Å². The van der Waals surface area contributed by atoms with Gasteiger partial charge in [0.2, 0.25) is 5.78 Å². The number of ether oxygens (including phenoxy) is 2. The zero-order valence-corrected chi connectivity index (χ0v) is 18.2. The smallest absolute Gasteiger partial charge is 0.232 e. The molecule has 2 aliphatic heterocycles. The molecule has 2 aliphatic rings. The summed E-state index contributed by atoms with van der Waals surface area (Å²) >= 11 is 5.98. The zero-order valence-electron chi connectivity index (χ0n) is 17.4. The van der Waals surface area contributed by atoms with Crippen LogP contribution in [0.1, 0.15) is 38.6 Å². The third-order valence-corrected chi connectivity index (χ3v) is 5.90. The number of carbonyl (C=O) groups is 1. The topological polar surface area (TPSA) is 51.9 Å². The highest BCUT2D eigenvalue weighted by atomic mass is 35.5. The van der Waals surface area contributed by atoms with Crippen LogP contribution in [0.5, 0.6) is 11.5 Å². The fourth-order valence-corrected chi connectivity index (χ4v) is 4.14. The molecular weight excluding hydrogens is 414 g/mol. The van der Waals surface area contributed by atoms with E-state index >= 15 is 0 Å². The average Bonchev–Trinajstić information content (AvgIpc) is 3.31. The Hall–Kier alpha value is -3.02. The van der Waals surface area contributed by atoms with Crippen molar-refractivity contribution in [1.82, 2.24) is 4.90 Å². The first kappa shape index (κ1) is 19.9. The Labute approximate surface area is 185 Å². The molecule has 0 spiro atoms. The Morgan fingerprint density at radius 1 is 1.13 bits per heavy atom. The van der Waals surface area contributed by atoms with E-state index in [0.29, 0.717) is 30.3 Å². The van der Waals surface area contributed by atoms with E-state index in [2.05, 4.69) is 4.90 Å². The Balaban J connectivity index is 1.39. The molecule has 0 N–H and O–H groups in total. The lowest BCUT2D eigenvalue weighted by molar-refractivity contribution is 0.0949. The lowest BCUT2D eigenvalue weighted by Gasteiger charge is -2.30. The highest BCUT2D eigenvalue weighted by Crippen LogP contribution is 2.44. The van der Waals surface area contributed by atoms with Gasteiger partial charge < -0.3 is 13.9 Å². The molecule has 6 heteroatoms. The molecule has 31 heavy (non-hydrogen) atoms. The van der Waals surface area contributed by atoms with E-state index in [-0.39, 0.29) is 11.5 Å². The molecule has 2 aromatic carbocycles. The second kappa shape index (κ2) is 7.91. The minimum atomic E-state index is -0.123. The predicted octanol–water partition coefficient (Wildman–Crippen LogP) is 5.56. The number of rotatable bonds is 4. The molecule has 158 valence electrons. The van der Waals surface area contributed by atoms with Crippen molar-refractivity contribution in [3.8, 4) is 11.5 Å². The van der Waals surface area contributed by atoms with Crippen LogP contribution in [0.3, 0.4) is 0 Å². The van der Waals surface area contributed by atoms with E-state index in [0.717, 1.165) is 40.6 Å². The van der Waals surface area contributed by atoms with Crippen LogP contribution in [-0.2, 0) is 13.0 Å². The molecule has 5 rings (SSSR count). The number of halogens is 1. The third-order valence-electron chi connectivity index (χ3n) is 5.65. The molecule has 0 fully saturated rings. The SMILES string of the molecule is Cc1ccc(/C=C2/Oc3c4c(cc(C)c3C2=O)OCN(CCc2ccc(Cl)cc2)C4)o1. The molecule has 3 aromatic rings. The molecule has 0 aliphatic carbocycles. The normalized spacial score (nSPS) is 16.7. The van der Waals surface area contributed by atoms with Crippen LogP contribution >= 0.6 is 11.6 Å². The Kier molecular flexibility index (Phi) is 5.08. The van der Waals surface area contributed by atoms with Crippen molar-refractivity contribution in [1.29, 1.82) is 0 Å². The number of furan rings is 1. The minimum absolute atomic E-state index is 0.123. The summed E-state index contributed by atoms with van der Waals surface area (Å²) in [7, 11) is 0. The van der Waals surface area contributed by atoms with Crippen LogP contribution in [0.25, 0.3) is 6.08 Å². The van der Waals surface area contributed by atoms with E-state index in [1.54, 1.807) is 6.08 Å². The summed E-state index contributed by atoms with van der Waals surface area (Å²) in [4.78, 5) is 15.2. The molecule has 0 unspecified atom stereocenters. The maximum absolute atomic E-state index is 13.0. The van der Waals surface area contributed by atoms with Gasteiger partial charge in [-0.15, -0.1) is 0 Å². The number of fused-ring (bicyclic) bond motifs is 3. The maximum atomic E-state index is 13.0. The number of hydrogen-bond donors (Lipinski definition) is 0. The third kappa shape index (κ3) is 3.87. The minimum Gasteiger partial charge on any atom is -0.478 e. The summed E-state index contributed by atoms with van der Waals surface area (Å²) in [6, 6.07) is 13.5. The molecule has 1 aromatic heterocycles. The van der Waals surface area contributed by atoms with Gasteiger partial charge in [0.25, 0.3) is 0 Å². The van der Waals surface area contributed by atoms with E-state index < -0.39 is 0 Å². The number of benzene rings is 2. The van der Waals surface area contributed by atoms with Gasteiger partial charge in [0, 0.05) is 24.2 Å². The lowest BCUT2D eigenvalue weighted by Crippen LogP contribution is -2.33. The summed E-state index contributed by atoms with van der Waals surface area (Å²) in [6.45, 7) is 5.76. The fourth-order valence-electron chi connectivity index (χ4n) is 4.02. The summed E-state index contributed by atoms with van der Waals surface area (Å²) in [5.74, 6) is 2.92. The Morgan fingerprint density at radius 2 is 1.94 bits per heavy atom. The summed E-state index contributed by atoms with van der Waals surface area (Å²) < 4.78 is 17.7. The number of nitrogens with zero attached hydrogens (tertiary/aromatic N) is 1. The van der Waals surface area contributed by atoms with Gasteiger partial charge in [0.15, 0.2) is 5.76 Å². The largest absolute Gasteiger partial charge is 0.478 e. The van der Waals surface area contributed by atoms with E-state index in [1.165, 1.54) is 5.56 Å². The van der Waals surface area contributed by atoms with Crippen molar-refractivity contribution in [2.24, 2.45) is 0 Å². The molecular formula is C25H22ClNO4. The van der Waals surface area contributed by atoms with Crippen molar-refractivity contribution >= 4 is 23.5 Å². The standard InChI is InChI=1S/C25H22ClNO4/c1-15-11-21-20(13-27(14-29-21)10-9-17-4-6-18(26)7-5-17)25-23(15)24(28)22(31-25)12-19-8-3-16(2)30-19/h3-8,11-12H,9-10,13-14H2,1-2H3/b22-12+. The molecule has 3 heterocycles. The second-order valence-electron chi connectivity index (χ2n) is 7.96. The number of aryl methyl sites for hydroxylation is 2. The highest BCUT2D eigenvalue weighted by Gasteiger charge is 2.35. The van der Waals surface area contributed by atoms with Crippen LogP contribution in [0, 0.1) is 13.8 Å².